The zero-order chi connectivity index (χ0) is 20.8. The summed E-state index contributed by atoms with van der Waals surface area (Å²) >= 11 is 0. The van der Waals surface area contributed by atoms with Crippen LogP contribution in [-0.4, -0.2) is 61.3 Å². The Morgan fingerprint density at radius 1 is 1.31 bits per heavy atom. The van der Waals surface area contributed by atoms with Crippen LogP contribution in [0.2, 0.25) is 0 Å². The number of nitrogens with one attached hydrogen (secondary N) is 2. The maximum atomic E-state index is 6.47. The van der Waals surface area contributed by atoms with E-state index in [1.165, 1.54) is 0 Å². The number of aryl methyl sites for hydroxylation is 1. The molecule has 1 unspecified atom stereocenters. The minimum atomic E-state index is 0.193. The first-order valence-corrected chi connectivity index (χ1v) is 10.6. The summed E-state index contributed by atoms with van der Waals surface area (Å²) in [5, 5.41) is 6.43. The van der Waals surface area contributed by atoms with Gasteiger partial charge in [0.1, 0.15) is 17.7 Å². The van der Waals surface area contributed by atoms with Crippen LogP contribution >= 0.6 is 0 Å². The molecule has 3 rings (SSSR count). The molecule has 0 spiro atoms. The van der Waals surface area contributed by atoms with Crippen molar-refractivity contribution in [1.82, 2.24) is 14.9 Å². The first kappa shape index (κ1) is 21.4. The van der Waals surface area contributed by atoms with Crippen molar-refractivity contribution in [3.8, 4) is 0 Å². The lowest BCUT2D eigenvalue weighted by Crippen LogP contribution is -2.51. The van der Waals surface area contributed by atoms with Crippen molar-refractivity contribution in [3.63, 3.8) is 0 Å². The quantitative estimate of drug-likeness (QED) is 0.622. The number of rotatable bonds is 10. The fraction of sp³-hybridized carbons (Fsp3) is 0.636. The van der Waals surface area contributed by atoms with Gasteiger partial charge in [-0.2, -0.15) is 4.98 Å². The minimum absolute atomic E-state index is 0.193. The molecular formula is C22H35N5O2. The van der Waals surface area contributed by atoms with Crippen LogP contribution in [0.1, 0.15) is 32.4 Å². The Morgan fingerprint density at radius 3 is 2.79 bits per heavy atom. The predicted octanol–water partition coefficient (Wildman–Crippen LogP) is 3.42. The van der Waals surface area contributed by atoms with Gasteiger partial charge in [0.2, 0.25) is 5.95 Å². The molecule has 0 aromatic carbocycles. The van der Waals surface area contributed by atoms with Crippen LogP contribution in [0, 0.1) is 18.8 Å². The van der Waals surface area contributed by atoms with Gasteiger partial charge in [0.05, 0.1) is 7.11 Å². The average molecular weight is 402 g/mol. The summed E-state index contributed by atoms with van der Waals surface area (Å²) in [6.45, 7) is 10.5. The highest BCUT2D eigenvalue weighted by Crippen LogP contribution is 2.33. The van der Waals surface area contributed by atoms with Crippen molar-refractivity contribution < 1.29 is 9.47 Å². The van der Waals surface area contributed by atoms with Crippen LogP contribution in [0.25, 0.3) is 0 Å². The Morgan fingerprint density at radius 2 is 2.10 bits per heavy atom. The number of aromatic nitrogens is 2. The number of hydrogen-bond acceptors (Lipinski definition) is 7. The number of anilines is 2. The number of likely N-dealkylation sites (tertiary alicyclic amines) is 1. The molecule has 1 aliphatic carbocycles. The summed E-state index contributed by atoms with van der Waals surface area (Å²) in [6.07, 6.45) is 6.29. The molecule has 1 fully saturated rings. The second-order valence-corrected chi connectivity index (χ2v) is 7.89. The van der Waals surface area contributed by atoms with Crippen molar-refractivity contribution in [1.29, 1.82) is 0 Å². The lowest BCUT2D eigenvalue weighted by atomic mass is 9.92. The van der Waals surface area contributed by atoms with Crippen LogP contribution in [-0.2, 0) is 9.47 Å². The zero-order valence-electron chi connectivity index (χ0n) is 18.4. The normalized spacial score (nSPS) is 20.9. The van der Waals surface area contributed by atoms with E-state index in [9.17, 15) is 0 Å². The summed E-state index contributed by atoms with van der Waals surface area (Å²) in [4.78, 5) is 11.4. The molecule has 7 heteroatoms. The van der Waals surface area contributed by atoms with Crippen LogP contribution < -0.4 is 10.6 Å². The summed E-state index contributed by atoms with van der Waals surface area (Å²) < 4.78 is 12.1. The SMILES string of the molecule is CCN1CC([C@@H](C)OC2=C(OC)C=CCC2CCNc2nc(C)cc(NC)n2)C1. The van der Waals surface area contributed by atoms with Gasteiger partial charge in [-0.1, -0.05) is 13.0 Å². The van der Waals surface area contributed by atoms with Gasteiger partial charge < -0.3 is 25.0 Å². The molecule has 0 radical (unpaired) electrons. The van der Waals surface area contributed by atoms with E-state index >= 15 is 0 Å². The van der Waals surface area contributed by atoms with E-state index in [-0.39, 0.29) is 6.10 Å². The van der Waals surface area contributed by atoms with E-state index in [1.54, 1.807) is 7.11 Å². The highest BCUT2D eigenvalue weighted by Gasteiger charge is 2.33. The van der Waals surface area contributed by atoms with Crippen molar-refractivity contribution in [2.75, 3.05) is 51.0 Å². The topological polar surface area (TPSA) is 71.5 Å². The van der Waals surface area contributed by atoms with Crippen LogP contribution in [0.15, 0.2) is 29.7 Å². The fourth-order valence-electron chi connectivity index (χ4n) is 3.90. The van der Waals surface area contributed by atoms with E-state index in [0.717, 1.165) is 62.1 Å². The molecule has 0 saturated carbocycles. The Balaban J connectivity index is 1.59. The van der Waals surface area contributed by atoms with Gasteiger partial charge in [0.15, 0.2) is 5.76 Å². The molecule has 2 heterocycles. The minimum Gasteiger partial charge on any atom is -0.493 e. The van der Waals surface area contributed by atoms with Gasteiger partial charge >= 0.3 is 0 Å². The van der Waals surface area contributed by atoms with Gasteiger partial charge in [-0.15, -0.1) is 0 Å². The van der Waals surface area contributed by atoms with Gasteiger partial charge in [0.25, 0.3) is 0 Å². The van der Waals surface area contributed by atoms with Crippen molar-refractivity contribution in [2.45, 2.75) is 39.7 Å². The van der Waals surface area contributed by atoms with E-state index < -0.39 is 0 Å². The van der Waals surface area contributed by atoms with Gasteiger partial charge in [-0.25, -0.2) is 4.98 Å². The maximum Gasteiger partial charge on any atom is 0.224 e. The third-order valence-electron chi connectivity index (χ3n) is 5.82. The Kier molecular flexibility index (Phi) is 7.36. The summed E-state index contributed by atoms with van der Waals surface area (Å²) in [5.74, 6) is 4.19. The summed E-state index contributed by atoms with van der Waals surface area (Å²) in [5.41, 5.74) is 0.938. The summed E-state index contributed by atoms with van der Waals surface area (Å²) in [7, 11) is 3.58. The van der Waals surface area contributed by atoms with E-state index in [4.69, 9.17) is 9.47 Å². The standard InChI is InChI=1S/C22H35N5O2/c1-6-27-13-18(14-27)16(3)29-21-17(8-7-9-19(21)28-5)10-11-24-22-25-15(2)12-20(23-4)26-22/h7,9,12,16-18H,6,8,10-11,13-14H2,1-5H3,(H2,23,24,25,26)/t16-,17?/m1/s1. The van der Waals surface area contributed by atoms with Crippen molar-refractivity contribution in [2.24, 2.45) is 11.8 Å². The lowest BCUT2D eigenvalue weighted by molar-refractivity contribution is -0.0227. The molecule has 29 heavy (non-hydrogen) atoms. The van der Waals surface area contributed by atoms with E-state index in [2.05, 4.69) is 45.4 Å². The number of allylic oxidation sites excluding steroid dienone is 3. The second-order valence-electron chi connectivity index (χ2n) is 7.89. The van der Waals surface area contributed by atoms with Gasteiger partial charge in [-0.3, -0.25) is 0 Å². The molecule has 7 nitrogen and oxygen atoms in total. The first-order chi connectivity index (χ1) is 14.0. The van der Waals surface area contributed by atoms with E-state index in [0.29, 0.717) is 17.8 Å². The molecule has 2 N–H and O–H groups in total. The van der Waals surface area contributed by atoms with Crippen LogP contribution in [0.3, 0.4) is 0 Å². The largest absolute Gasteiger partial charge is 0.493 e. The number of nitrogens with zero attached hydrogens (tertiary/aromatic N) is 3. The highest BCUT2D eigenvalue weighted by molar-refractivity contribution is 5.41. The molecular weight excluding hydrogens is 366 g/mol. The monoisotopic (exact) mass is 401 g/mol. The molecule has 1 aliphatic heterocycles. The third-order valence-corrected chi connectivity index (χ3v) is 5.82. The molecule has 0 bridgehead atoms. The van der Waals surface area contributed by atoms with Crippen LogP contribution in [0.5, 0.6) is 0 Å². The predicted molar refractivity (Wildman–Crippen MR) is 117 cm³/mol. The second kappa shape index (κ2) is 9.96. The Labute approximate surface area is 174 Å². The fourth-order valence-corrected chi connectivity index (χ4v) is 3.90. The zero-order valence-corrected chi connectivity index (χ0v) is 18.4. The highest BCUT2D eigenvalue weighted by atomic mass is 16.5. The Bertz CT molecular complexity index is 743. The lowest BCUT2D eigenvalue weighted by Gasteiger charge is -2.42. The first-order valence-electron chi connectivity index (χ1n) is 10.6. The molecule has 2 aliphatic rings. The van der Waals surface area contributed by atoms with Crippen molar-refractivity contribution in [3.05, 3.63) is 35.4 Å². The smallest absolute Gasteiger partial charge is 0.224 e. The van der Waals surface area contributed by atoms with Gasteiger partial charge in [0, 0.05) is 50.3 Å². The van der Waals surface area contributed by atoms with Crippen LogP contribution in [0.4, 0.5) is 11.8 Å². The maximum absolute atomic E-state index is 6.47. The molecule has 0 amide bonds. The third kappa shape index (κ3) is 5.41. The number of hydrogen-bond donors (Lipinski definition) is 2. The molecule has 1 aromatic heterocycles. The molecule has 160 valence electrons. The number of ether oxygens (including phenoxy) is 2. The molecule has 1 aromatic rings. The van der Waals surface area contributed by atoms with Gasteiger partial charge in [-0.05, 0) is 39.3 Å². The van der Waals surface area contributed by atoms with Crippen molar-refractivity contribution >= 4 is 11.8 Å². The summed E-state index contributed by atoms with van der Waals surface area (Å²) in [6, 6.07) is 1.93. The number of methoxy groups -OCH3 is 1. The molecule has 2 atom stereocenters. The Hall–Kier alpha value is -2.28. The van der Waals surface area contributed by atoms with E-state index in [1.807, 2.05) is 26.1 Å². The average Bonchev–Trinajstić information content (AvgIpc) is 2.67. The molecule has 1 saturated heterocycles.